The fourth-order valence-electron chi connectivity index (χ4n) is 2.28. The van der Waals surface area contributed by atoms with E-state index in [0.717, 1.165) is 22.5 Å². The molecule has 0 bridgehead atoms. The van der Waals surface area contributed by atoms with Crippen molar-refractivity contribution in [3.63, 3.8) is 0 Å². The van der Waals surface area contributed by atoms with Gasteiger partial charge in [0.2, 0.25) is 0 Å². The van der Waals surface area contributed by atoms with E-state index in [9.17, 15) is 0 Å². The second-order valence-corrected chi connectivity index (χ2v) is 4.64. The normalized spacial score (nSPS) is 12.0. The monoisotopic (exact) mass is 264 g/mol. The van der Waals surface area contributed by atoms with E-state index < -0.39 is 0 Å². The molecule has 2 heteroatoms. The third-order valence-corrected chi connectivity index (χ3v) is 3.27. The molecule has 0 spiro atoms. The highest BCUT2D eigenvalue weighted by atomic mass is 15.0. The summed E-state index contributed by atoms with van der Waals surface area (Å²) in [5.41, 5.74) is 11.2. The van der Waals surface area contributed by atoms with Crippen LogP contribution in [0.2, 0.25) is 0 Å². The van der Waals surface area contributed by atoms with Crippen LogP contribution in [0.1, 0.15) is 12.6 Å². The molecule has 0 saturated heterocycles. The molecule has 0 unspecified atom stereocenters. The summed E-state index contributed by atoms with van der Waals surface area (Å²) in [6.45, 7) is 5.79. The van der Waals surface area contributed by atoms with E-state index in [-0.39, 0.29) is 0 Å². The molecule has 1 heterocycles. The smallest absolute Gasteiger partial charge is 0.0482 e. The van der Waals surface area contributed by atoms with Gasteiger partial charge in [0.05, 0.1) is 0 Å². The zero-order chi connectivity index (χ0) is 14.5. The molecule has 0 saturated carbocycles. The third-order valence-electron chi connectivity index (χ3n) is 3.27. The van der Waals surface area contributed by atoms with Gasteiger partial charge in [-0.1, -0.05) is 43.0 Å². The summed E-state index contributed by atoms with van der Waals surface area (Å²) >= 11 is 0. The number of aromatic nitrogens is 1. The first-order valence-electron chi connectivity index (χ1n) is 6.64. The Kier molecular flexibility index (Phi) is 4.26. The highest BCUT2D eigenvalue weighted by molar-refractivity contribution is 5.76. The lowest BCUT2D eigenvalue weighted by Gasteiger charge is -2.09. The largest absolute Gasteiger partial charge is 0.399 e. The second-order valence-electron chi connectivity index (χ2n) is 4.64. The van der Waals surface area contributed by atoms with Crippen LogP contribution in [0.4, 0.5) is 5.69 Å². The van der Waals surface area contributed by atoms with Gasteiger partial charge in [-0.05, 0) is 42.3 Å². The summed E-state index contributed by atoms with van der Waals surface area (Å²) in [5.74, 6) is 0. The van der Waals surface area contributed by atoms with Gasteiger partial charge < -0.3 is 10.3 Å². The van der Waals surface area contributed by atoms with Crippen molar-refractivity contribution in [2.45, 2.75) is 6.92 Å². The van der Waals surface area contributed by atoms with Crippen molar-refractivity contribution < 1.29 is 0 Å². The molecule has 2 nitrogen and oxygen atoms in total. The summed E-state index contributed by atoms with van der Waals surface area (Å²) in [4.78, 5) is 0. The van der Waals surface area contributed by atoms with E-state index >= 15 is 0 Å². The highest BCUT2D eigenvalue weighted by Gasteiger charge is 2.08. The van der Waals surface area contributed by atoms with Gasteiger partial charge in [0.15, 0.2) is 0 Å². The standard InChI is InChI=1S/C18H20N2/c1-4-6-14(7-5-2)17-12-13-18(20(17)3)15-8-10-16(19)11-9-15/h4-13H,1,19H2,2-3H3/b7-5-,14-6+. The summed E-state index contributed by atoms with van der Waals surface area (Å²) in [6, 6.07) is 12.2. The summed E-state index contributed by atoms with van der Waals surface area (Å²) in [7, 11) is 2.07. The van der Waals surface area contributed by atoms with Crippen molar-refractivity contribution in [3.8, 4) is 11.3 Å². The molecule has 0 amide bonds. The Balaban J connectivity index is 2.48. The highest BCUT2D eigenvalue weighted by Crippen LogP contribution is 2.26. The quantitative estimate of drug-likeness (QED) is 0.643. The Labute approximate surface area is 120 Å². The molecule has 2 aromatic rings. The molecule has 2 N–H and O–H groups in total. The Morgan fingerprint density at radius 3 is 2.45 bits per heavy atom. The first-order chi connectivity index (χ1) is 9.67. The van der Waals surface area contributed by atoms with Crippen LogP contribution < -0.4 is 5.73 Å². The minimum Gasteiger partial charge on any atom is -0.399 e. The Morgan fingerprint density at radius 2 is 1.85 bits per heavy atom. The summed E-state index contributed by atoms with van der Waals surface area (Å²) in [5, 5.41) is 0. The van der Waals surface area contributed by atoms with Gasteiger partial charge >= 0.3 is 0 Å². The van der Waals surface area contributed by atoms with E-state index in [1.54, 1.807) is 0 Å². The lowest BCUT2D eigenvalue weighted by Crippen LogP contribution is -1.97. The number of anilines is 1. The van der Waals surface area contributed by atoms with Crippen LogP contribution in [0.3, 0.4) is 0 Å². The summed E-state index contributed by atoms with van der Waals surface area (Å²) in [6.07, 6.45) is 7.95. The number of nitrogen functional groups attached to an aromatic ring is 1. The molecule has 102 valence electrons. The first kappa shape index (κ1) is 13.9. The van der Waals surface area contributed by atoms with Gasteiger partial charge in [-0.15, -0.1) is 0 Å². The number of hydrogen-bond acceptors (Lipinski definition) is 1. The van der Waals surface area contributed by atoms with E-state index in [1.807, 2.05) is 49.4 Å². The van der Waals surface area contributed by atoms with Crippen molar-refractivity contribution in [1.82, 2.24) is 4.57 Å². The van der Waals surface area contributed by atoms with Gasteiger partial charge in [0.25, 0.3) is 0 Å². The molecule has 20 heavy (non-hydrogen) atoms. The fraction of sp³-hybridized carbons (Fsp3) is 0.111. The molecule has 1 aromatic carbocycles. The van der Waals surface area contributed by atoms with Crippen LogP contribution in [0.25, 0.3) is 16.8 Å². The fourth-order valence-corrected chi connectivity index (χ4v) is 2.28. The van der Waals surface area contributed by atoms with Crippen molar-refractivity contribution in [2.24, 2.45) is 7.05 Å². The minimum atomic E-state index is 0.782. The third kappa shape index (κ3) is 2.75. The molecular formula is C18H20N2. The Morgan fingerprint density at radius 1 is 1.15 bits per heavy atom. The van der Waals surface area contributed by atoms with Crippen molar-refractivity contribution in [2.75, 3.05) is 5.73 Å². The Bertz CT molecular complexity index is 655. The lowest BCUT2D eigenvalue weighted by molar-refractivity contribution is 0.919. The van der Waals surface area contributed by atoms with Gasteiger partial charge in [-0.3, -0.25) is 0 Å². The van der Waals surface area contributed by atoms with Gasteiger partial charge in [-0.25, -0.2) is 0 Å². The maximum absolute atomic E-state index is 5.74. The molecular weight excluding hydrogens is 244 g/mol. The van der Waals surface area contributed by atoms with Crippen LogP contribution in [-0.2, 0) is 7.05 Å². The molecule has 0 aliphatic rings. The number of benzene rings is 1. The predicted octanol–water partition coefficient (Wildman–Crippen LogP) is 4.42. The average Bonchev–Trinajstić information content (AvgIpc) is 2.81. The maximum Gasteiger partial charge on any atom is 0.0482 e. The van der Waals surface area contributed by atoms with E-state index in [0.29, 0.717) is 0 Å². The van der Waals surface area contributed by atoms with Crippen LogP contribution in [0.5, 0.6) is 0 Å². The van der Waals surface area contributed by atoms with E-state index in [1.165, 1.54) is 5.69 Å². The molecule has 0 aliphatic carbocycles. The van der Waals surface area contributed by atoms with Gasteiger partial charge in [0.1, 0.15) is 0 Å². The second kappa shape index (κ2) is 6.11. The van der Waals surface area contributed by atoms with Crippen molar-refractivity contribution >= 4 is 11.3 Å². The zero-order valence-corrected chi connectivity index (χ0v) is 12.0. The van der Waals surface area contributed by atoms with Crippen LogP contribution in [-0.4, -0.2) is 4.57 Å². The number of allylic oxidation sites excluding steroid dienone is 5. The molecule has 2 rings (SSSR count). The number of rotatable bonds is 4. The topological polar surface area (TPSA) is 30.9 Å². The van der Waals surface area contributed by atoms with Gasteiger partial charge in [0, 0.05) is 24.1 Å². The predicted molar refractivity (Wildman–Crippen MR) is 88.2 cm³/mol. The Hall–Kier alpha value is -2.48. The molecule has 0 atom stereocenters. The van der Waals surface area contributed by atoms with Crippen LogP contribution >= 0.6 is 0 Å². The number of nitrogens with two attached hydrogens (primary N) is 1. The van der Waals surface area contributed by atoms with Crippen LogP contribution in [0, 0.1) is 0 Å². The van der Waals surface area contributed by atoms with Crippen molar-refractivity contribution in [3.05, 3.63) is 73.0 Å². The molecule has 0 fully saturated rings. The number of nitrogens with zero attached hydrogens (tertiary/aromatic N) is 1. The van der Waals surface area contributed by atoms with Crippen molar-refractivity contribution in [1.29, 1.82) is 0 Å². The molecule has 0 aliphatic heterocycles. The SMILES string of the molecule is C=C/C=C(\C=C/C)c1ccc(-c2ccc(N)cc2)n1C. The van der Waals surface area contributed by atoms with Crippen LogP contribution in [0.15, 0.2) is 67.3 Å². The average molecular weight is 264 g/mol. The molecule has 0 radical (unpaired) electrons. The first-order valence-corrected chi connectivity index (χ1v) is 6.64. The summed E-state index contributed by atoms with van der Waals surface area (Å²) < 4.78 is 2.18. The van der Waals surface area contributed by atoms with Gasteiger partial charge in [-0.2, -0.15) is 0 Å². The molecule has 1 aromatic heterocycles. The lowest BCUT2D eigenvalue weighted by atomic mass is 10.1. The zero-order valence-electron chi connectivity index (χ0n) is 12.0. The van der Waals surface area contributed by atoms with E-state index in [4.69, 9.17) is 5.73 Å². The number of hydrogen-bond donors (Lipinski definition) is 1. The minimum absolute atomic E-state index is 0.782. The maximum atomic E-state index is 5.74. The van der Waals surface area contributed by atoms with E-state index in [2.05, 4.69) is 36.4 Å².